The van der Waals surface area contributed by atoms with Crippen LogP contribution in [-0.4, -0.2) is 23.6 Å². The van der Waals surface area contributed by atoms with E-state index in [9.17, 15) is 0 Å². The largest absolute Gasteiger partial charge is 3.00 e. The van der Waals surface area contributed by atoms with Gasteiger partial charge in [0.25, 0.3) is 0 Å². The molecule has 0 saturated carbocycles. The maximum atomic E-state index is 9.11. The van der Waals surface area contributed by atoms with Gasteiger partial charge in [-0.15, -0.1) is 0 Å². The molecule has 0 aromatic heterocycles. The normalized spacial score (nSPS) is 4.00. The molecule has 163 valence electrons. The van der Waals surface area contributed by atoms with E-state index in [2.05, 4.69) is 0 Å². The third-order valence-corrected chi connectivity index (χ3v) is 0. The van der Waals surface area contributed by atoms with Gasteiger partial charge >= 0.3 is 39.0 Å². The van der Waals surface area contributed by atoms with Crippen molar-refractivity contribution in [1.82, 2.24) is 0 Å². The van der Waals surface area contributed by atoms with Gasteiger partial charge in [0.2, 0.25) is 0 Å². The first-order valence-electron chi connectivity index (χ1n) is 3.82. The first-order valence-corrected chi connectivity index (χ1v) is 3.82. The third-order valence-electron chi connectivity index (χ3n) is 0. The van der Waals surface area contributed by atoms with Gasteiger partial charge in [-0.05, 0) is 51.3 Å². The molecule has 0 fully saturated rings. The van der Waals surface area contributed by atoms with Crippen molar-refractivity contribution >= 4 is 23.6 Å². The Kier molecular flexibility index (Phi) is 367. The van der Waals surface area contributed by atoms with Crippen LogP contribution in [0, 0.1) is 21.6 Å². The average molecular weight is 726 g/mol. The fourth-order valence-corrected chi connectivity index (χ4v) is 0. The second-order valence-electron chi connectivity index (χ2n) is 2.22. The quantitative estimate of drug-likeness (QED) is 0.0825. The summed E-state index contributed by atoms with van der Waals surface area (Å²) in [7, 11) is 0. The monoisotopic (exact) mass is 727 g/mol. The molecule has 0 aliphatic heterocycles. The first kappa shape index (κ1) is 102. The molecule has 0 aromatic carbocycles. The van der Waals surface area contributed by atoms with Crippen molar-refractivity contribution in [2.24, 2.45) is 0 Å². The molecule has 14 nitrogen and oxygen atoms in total. The summed E-state index contributed by atoms with van der Waals surface area (Å²) in [6.07, 6.45) is 0. The van der Waals surface area contributed by atoms with Gasteiger partial charge in [-0.3, -0.25) is 0 Å². The molecule has 0 bridgehead atoms. The van der Waals surface area contributed by atoms with Crippen LogP contribution in [0.15, 0.2) is 0 Å². The van der Waals surface area contributed by atoms with Gasteiger partial charge < -0.3 is 74.9 Å². The molecule has 0 aliphatic carbocycles. The van der Waals surface area contributed by atoms with Crippen molar-refractivity contribution in [3.8, 4) is 0 Å². The van der Waals surface area contributed by atoms with Crippen LogP contribution < -0.4 is 20.4 Å². The van der Waals surface area contributed by atoms with Crippen molar-refractivity contribution in [3.05, 3.63) is 0 Å². The fraction of sp³-hybridized carbons (Fsp3) is 0.500. The molecule has 0 aliphatic rings. The Morgan fingerprint density at radius 1 is 0.480 bits per heavy atom. The van der Waals surface area contributed by atoms with Gasteiger partial charge in [0.05, 0.1) is 0 Å². The number of nitrogens with one attached hydrogen (secondary N) is 4. The Morgan fingerprint density at radius 3 is 0.480 bits per heavy atom. The summed E-state index contributed by atoms with van der Waals surface area (Å²) in [5.41, 5.74) is 0. The molecular weight excluding hydrogens is 704 g/mol. The predicted molar refractivity (Wildman–Crippen MR) is 66.1 cm³/mol. The van der Waals surface area contributed by atoms with Gasteiger partial charge in [-0.2, -0.15) is 0 Å². The minimum Gasteiger partial charge on any atom is -2.00 e. The minimum atomic E-state index is -0.583. The van der Waals surface area contributed by atoms with Gasteiger partial charge in [-0.25, -0.2) is 0 Å². The summed E-state index contributed by atoms with van der Waals surface area (Å²) < 4.78 is 0. The summed E-state index contributed by atoms with van der Waals surface area (Å²) in [4.78, 5) is 0. The third kappa shape index (κ3) is 53800. The van der Waals surface area contributed by atoms with Crippen LogP contribution in [-0.2, 0) is 92.2 Å². The minimum absolute atomic E-state index is 0. The Balaban J connectivity index is -0.00000000623. The maximum absolute atomic E-state index is 9.11. The molecule has 0 spiro atoms. The molecule has 0 unspecified atom stereocenters. The molecular formula is C8H22N4O10ReRh2-4. The van der Waals surface area contributed by atoms with Crippen LogP contribution in [0.25, 0.3) is 0 Å². The average Bonchev–Trinajstić information content (AvgIpc) is 1.76. The molecule has 0 saturated heterocycles. The molecule has 17 heteroatoms. The van der Waals surface area contributed by atoms with E-state index in [1.54, 1.807) is 0 Å². The van der Waals surface area contributed by atoms with E-state index in [-0.39, 0.29) is 92.2 Å². The number of hydrogen-bond donors (Lipinski definition) is 4. The van der Waals surface area contributed by atoms with E-state index in [1.807, 2.05) is 0 Å². The molecule has 1 radical (unpaired) electrons. The van der Waals surface area contributed by atoms with Crippen LogP contribution in [0.4, 0.5) is 0 Å². The topological polar surface area (TPSA) is 368 Å². The van der Waals surface area contributed by atoms with Crippen LogP contribution >= 0.6 is 0 Å². The number of rotatable bonds is 0. The molecule has 0 atom stereocenters. The van der Waals surface area contributed by atoms with E-state index in [0.717, 1.165) is 0 Å². The van der Waals surface area contributed by atoms with Crippen LogP contribution in [0.2, 0.25) is 0 Å². The predicted octanol–water partition coefficient (Wildman–Crippen LogP) is -4.95. The summed E-state index contributed by atoms with van der Waals surface area (Å²) in [5, 5.41) is 60.2. The molecule has 0 aromatic rings. The summed E-state index contributed by atoms with van der Waals surface area (Å²) in [5.74, 6) is -2.33. The Morgan fingerprint density at radius 2 is 0.480 bits per heavy atom. The van der Waals surface area contributed by atoms with E-state index in [1.165, 1.54) is 27.7 Å². The Hall–Kier alpha value is -0.451. The Bertz CT molecular complexity index is 189. The maximum Gasteiger partial charge on any atom is 3.00 e. The molecule has 0 rings (SSSR count). The van der Waals surface area contributed by atoms with Crippen molar-refractivity contribution < 1.29 is 113 Å². The second-order valence-corrected chi connectivity index (χ2v) is 2.22. The smallest absolute Gasteiger partial charge is 2.00 e. The van der Waals surface area contributed by atoms with Crippen molar-refractivity contribution in [2.45, 2.75) is 27.7 Å². The van der Waals surface area contributed by atoms with E-state index < -0.39 is 23.6 Å². The van der Waals surface area contributed by atoms with Gasteiger partial charge in [-0.1, -0.05) is 0 Å². The summed E-state index contributed by atoms with van der Waals surface area (Å²) in [6, 6.07) is 0. The SMILES string of the molecule is CC(=N)[O-].CC(=N)[O-].CC(=N)[O-].CC(=N)[O-].[O-2].[O-2].[O-2].[O-2].[OH3+].[OH3+].[Re].[Rh+3].[Rh+3]. The van der Waals surface area contributed by atoms with Crippen LogP contribution in [0.5, 0.6) is 0 Å². The van der Waals surface area contributed by atoms with Gasteiger partial charge in [0.15, 0.2) is 0 Å². The van der Waals surface area contributed by atoms with Crippen LogP contribution in [0.1, 0.15) is 27.7 Å². The zero-order valence-corrected chi connectivity index (χ0v) is 19.5. The van der Waals surface area contributed by atoms with E-state index in [0.29, 0.717) is 0 Å². The van der Waals surface area contributed by atoms with E-state index in [4.69, 9.17) is 42.1 Å². The molecule has 10 N–H and O–H groups in total. The molecule has 0 heterocycles. The van der Waals surface area contributed by atoms with Crippen molar-refractivity contribution in [2.75, 3.05) is 0 Å². The summed E-state index contributed by atoms with van der Waals surface area (Å²) in [6.45, 7) is 4.78. The van der Waals surface area contributed by atoms with Gasteiger partial charge in [0, 0.05) is 20.4 Å². The van der Waals surface area contributed by atoms with E-state index >= 15 is 0 Å². The molecule has 0 amide bonds. The number of hydrogen-bond acceptors (Lipinski definition) is 8. The zero-order valence-electron chi connectivity index (χ0n) is 13.5. The van der Waals surface area contributed by atoms with Crippen LogP contribution in [0.3, 0.4) is 0 Å². The van der Waals surface area contributed by atoms with Crippen molar-refractivity contribution in [3.63, 3.8) is 0 Å². The van der Waals surface area contributed by atoms with Crippen molar-refractivity contribution in [1.29, 1.82) is 21.6 Å². The zero-order chi connectivity index (χ0) is 14.3. The molecule has 25 heavy (non-hydrogen) atoms. The summed E-state index contributed by atoms with van der Waals surface area (Å²) >= 11 is 0. The standard InChI is InChI=1S/4C2H5NO.2H2O.4O.Re.2Rh/c4*1-2(3)4;;;;;;;;;/h4*1H3,(H2,3,4);2*1H2;;;;;;;/q;;;;;;4*-2;;2*+3/p-2. The first-order chi connectivity index (χ1) is 6.93. The van der Waals surface area contributed by atoms with Gasteiger partial charge in [0.1, 0.15) is 0 Å². The second kappa shape index (κ2) is 89.8. The Labute approximate surface area is 185 Å². The fourth-order valence-electron chi connectivity index (χ4n) is 0.